The number of rotatable bonds is 6. The van der Waals surface area contributed by atoms with Gasteiger partial charge in [-0.15, -0.1) is 0 Å². The summed E-state index contributed by atoms with van der Waals surface area (Å²) in [6.45, 7) is 10.2. The molecule has 0 atom stereocenters. The van der Waals surface area contributed by atoms with Gasteiger partial charge in [0.2, 0.25) is 0 Å². The molecule has 4 rings (SSSR count). The molecule has 1 aromatic carbocycles. The number of hydrogen-bond acceptors (Lipinski definition) is 4. The first-order valence-corrected chi connectivity index (χ1v) is 10.9. The van der Waals surface area contributed by atoms with Crippen molar-refractivity contribution >= 4 is 5.65 Å². The fraction of sp³-hybridized carbons (Fsp3) is 0.417. The lowest BCUT2D eigenvalue weighted by Gasteiger charge is -2.30. The van der Waals surface area contributed by atoms with Crippen LogP contribution in [0, 0.1) is 13.8 Å². The van der Waals surface area contributed by atoms with E-state index in [9.17, 15) is 4.79 Å². The van der Waals surface area contributed by atoms with Crippen molar-refractivity contribution in [2.45, 2.75) is 26.9 Å². The molecule has 0 radical (unpaired) electrons. The largest absolute Gasteiger partial charge is 0.493 e. The Morgan fingerprint density at radius 2 is 1.58 bits per heavy atom. The van der Waals surface area contributed by atoms with E-state index in [1.807, 2.05) is 25.1 Å². The molecule has 1 aliphatic heterocycles. The van der Waals surface area contributed by atoms with Crippen molar-refractivity contribution in [1.82, 2.24) is 9.38 Å². The maximum absolute atomic E-state index is 12.5. The minimum absolute atomic E-state index is 0.00527. The summed E-state index contributed by atoms with van der Waals surface area (Å²) in [6, 6.07) is 11.6. The normalized spacial score (nSPS) is 18.8. The monoisotopic (exact) mass is 424 g/mol. The molecule has 3 heterocycles. The van der Waals surface area contributed by atoms with Crippen molar-refractivity contribution in [3.05, 3.63) is 69.3 Å². The summed E-state index contributed by atoms with van der Waals surface area (Å²) >= 11 is 0. The fourth-order valence-corrected chi connectivity index (χ4v) is 4.50. The van der Waals surface area contributed by atoms with E-state index >= 15 is 0 Å². The molecule has 0 saturated carbocycles. The fourth-order valence-electron chi connectivity index (χ4n) is 4.50. The summed E-state index contributed by atoms with van der Waals surface area (Å²) < 4.78 is 12.6. The van der Waals surface area contributed by atoms with E-state index in [0.29, 0.717) is 0 Å². The van der Waals surface area contributed by atoms with Crippen molar-refractivity contribution in [2.24, 2.45) is 0 Å². The van der Waals surface area contributed by atoms with Crippen LogP contribution in [0.25, 0.3) is 5.65 Å². The zero-order chi connectivity index (χ0) is 22.0. The standard InChI is InChI=1S/C24H30N4O3/c1-17-12-21(30-3)22(31-4)13-19(17)15-26-8-10-27(11-9-26)16-20-14-24(29)28-18(2)6-5-7-23(28)25-20/h5-7,12-14H,8-11,15-16H2,1-4H3/p+2. The third-order valence-electron chi connectivity index (χ3n) is 6.31. The van der Waals surface area contributed by atoms with Gasteiger partial charge in [-0.1, -0.05) is 6.07 Å². The number of nitrogens with zero attached hydrogens (tertiary/aromatic N) is 2. The molecular formula is C24H32N4O3+2. The third kappa shape index (κ3) is 4.57. The average molecular weight is 425 g/mol. The summed E-state index contributed by atoms with van der Waals surface area (Å²) in [5.41, 5.74) is 5.06. The van der Waals surface area contributed by atoms with Gasteiger partial charge < -0.3 is 19.3 Å². The number of aryl methyl sites for hydroxylation is 2. The van der Waals surface area contributed by atoms with Gasteiger partial charge in [0, 0.05) is 17.3 Å². The van der Waals surface area contributed by atoms with E-state index in [-0.39, 0.29) is 5.56 Å². The number of hydrogen-bond donors (Lipinski definition) is 2. The quantitative estimate of drug-likeness (QED) is 0.576. The Hall–Kier alpha value is -2.90. The molecule has 1 aliphatic rings. The molecule has 2 N–H and O–H groups in total. The highest BCUT2D eigenvalue weighted by atomic mass is 16.5. The minimum atomic E-state index is 0.00527. The number of piperazine rings is 1. The highest BCUT2D eigenvalue weighted by Crippen LogP contribution is 2.29. The SMILES string of the molecule is COc1cc(C)c(C[NH+]2CC[NH+](Cc3cc(=O)n4c(C)cccc4n3)CC2)cc1OC. The second kappa shape index (κ2) is 9.08. The van der Waals surface area contributed by atoms with Gasteiger partial charge in [0.25, 0.3) is 5.56 Å². The molecular weight excluding hydrogens is 392 g/mol. The van der Waals surface area contributed by atoms with E-state index in [1.54, 1.807) is 29.6 Å². The second-order valence-electron chi connectivity index (χ2n) is 8.43. The van der Waals surface area contributed by atoms with Crippen LogP contribution in [0.3, 0.4) is 0 Å². The molecule has 0 spiro atoms. The molecule has 0 bridgehead atoms. The van der Waals surface area contributed by atoms with Crippen LogP contribution >= 0.6 is 0 Å². The molecule has 0 aliphatic carbocycles. The van der Waals surface area contributed by atoms with Crippen LogP contribution in [0.15, 0.2) is 41.2 Å². The number of ether oxygens (including phenoxy) is 2. The summed E-state index contributed by atoms with van der Waals surface area (Å²) in [7, 11) is 3.35. The first kappa shape index (κ1) is 21.3. The first-order chi connectivity index (χ1) is 15.0. The van der Waals surface area contributed by atoms with E-state index in [1.165, 1.54) is 16.0 Å². The first-order valence-electron chi connectivity index (χ1n) is 10.9. The van der Waals surface area contributed by atoms with Crippen LogP contribution in [0.4, 0.5) is 0 Å². The molecule has 2 aromatic heterocycles. The molecule has 164 valence electrons. The summed E-state index contributed by atoms with van der Waals surface area (Å²) in [4.78, 5) is 20.3. The smallest absolute Gasteiger partial charge is 0.258 e. The van der Waals surface area contributed by atoms with Crippen molar-refractivity contribution in [1.29, 1.82) is 0 Å². The zero-order valence-corrected chi connectivity index (χ0v) is 18.8. The Kier molecular flexibility index (Phi) is 6.25. The van der Waals surface area contributed by atoms with Gasteiger partial charge in [-0.05, 0) is 43.7 Å². The van der Waals surface area contributed by atoms with Crippen LogP contribution in [0.2, 0.25) is 0 Å². The van der Waals surface area contributed by atoms with Gasteiger partial charge in [-0.25, -0.2) is 4.98 Å². The lowest BCUT2D eigenvalue weighted by Crippen LogP contribution is -3.27. The maximum atomic E-state index is 12.5. The van der Waals surface area contributed by atoms with Gasteiger partial charge >= 0.3 is 0 Å². The summed E-state index contributed by atoms with van der Waals surface area (Å²) in [6.07, 6.45) is 0. The molecule has 0 unspecified atom stereocenters. The highest BCUT2D eigenvalue weighted by Gasteiger charge is 2.25. The van der Waals surface area contributed by atoms with Crippen LogP contribution in [-0.2, 0) is 13.1 Å². The van der Waals surface area contributed by atoms with Gasteiger partial charge in [-0.3, -0.25) is 9.20 Å². The number of pyridine rings is 1. The van der Waals surface area contributed by atoms with Crippen molar-refractivity contribution in [3.8, 4) is 11.5 Å². The Balaban J connectivity index is 1.40. The van der Waals surface area contributed by atoms with Crippen LogP contribution in [-0.4, -0.2) is 49.8 Å². The molecule has 3 aromatic rings. The second-order valence-corrected chi connectivity index (χ2v) is 8.43. The van der Waals surface area contributed by atoms with E-state index < -0.39 is 0 Å². The lowest BCUT2D eigenvalue weighted by molar-refractivity contribution is -1.02. The number of quaternary nitrogens is 2. The van der Waals surface area contributed by atoms with Gasteiger partial charge in [0.1, 0.15) is 50.6 Å². The Bertz CT molecular complexity index is 1130. The maximum Gasteiger partial charge on any atom is 0.258 e. The minimum Gasteiger partial charge on any atom is -0.493 e. The molecule has 7 nitrogen and oxygen atoms in total. The molecule has 7 heteroatoms. The predicted octanol–water partition coefficient (Wildman–Crippen LogP) is -0.188. The number of nitrogens with one attached hydrogen (secondary N) is 2. The highest BCUT2D eigenvalue weighted by molar-refractivity contribution is 5.46. The van der Waals surface area contributed by atoms with Crippen LogP contribution in [0.1, 0.15) is 22.5 Å². The Morgan fingerprint density at radius 3 is 2.26 bits per heavy atom. The zero-order valence-electron chi connectivity index (χ0n) is 18.8. The van der Waals surface area contributed by atoms with Crippen molar-refractivity contribution in [3.63, 3.8) is 0 Å². The average Bonchev–Trinajstić information content (AvgIpc) is 2.76. The summed E-state index contributed by atoms with van der Waals surface area (Å²) in [5, 5.41) is 0. The molecule has 1 fully saturated rings. The summed E-state index contributed by atoms with van der Waals surface area (Å²) in [5.74, 6) is 1.57. The van der Waals surface area contributed by atoms with Crippen molar-refractivity contribution < 1.29 is 19.3 Å². The third-order valence-corrected chi connectivity index (χ3v) is 6.31. The van der Waals surface area contributed by atoms with Crippen molar-refractivity contribution in [2.75, 3.05) is 40.4 Å². The number of aromatic nitrogens is 2. The molecule has 1 saturated heterocycles. The van der Waals surface area contributed by atoms with Gasteiger partial charge in [0.05, 0.1) is 14.2 Å². The number of benzene rings is 1. The lowest BCUT2D eigenvalue weighted by atomic mass is 10.1. The topological polar surface area (TPSA) is 61.7 Å². The van der Waals surface area contributed by atoms with E-state index in [4.69, 9.17) is 14.5 Å². The van der Waals surface area contributed by atoms with E-state index in [2.05, 4.69) is 19.1 Å². The van der Waals surface area contributed by atoms with Gasteiger partial charge in [-0.2, -0.15) is 0 Å². The molecule has 0 amide bonds. The Labute approximate surface area is 182 Å². The number of fused-ring (bicyclic) bond motifs is 1. The molecule has 31 heavy (non-hydrogen) atoms. The van der Waals surface area contributed by atoms with Crippen LogP contribution in [0.5, 0.6) is 11.5 Å². The number of methoxy groups -OCH3 is 2. The van der Waals surface area contributed by atoms with E-state index in [0.717, 1.165) is 67.8 Å². The van der Waals surface area contributed by atoms with Gasteiger partial charge in [0.15, 0.2) is 11.5 Å². The van der Waals surface area contributed by atoms with Crippen LogP contribution < -0.4 is 24.8 Å². The Morgan fingerprint density at radius 1 is 0.935 bits per heavy atom. The predicted molar refractivity (Wildman–Crippen MR) is 119 cm³/mol.